The topological polar surface area (TPSA) is 74.3 Å². The van der Waals surface area contributed by atoms with Gasteiger partial charge in [0.2, 0.25) is 0 Å². The average molecular weight is 478 g/mol. The third-order valence-electron chi connectivity index (χ3n) is 5.92. The number of benzene rings is 1. The molecule has 1 aromatic carbocycles. The Kier molecular flexibility index (Phi) is 5.22. The van der Waals surface area contributed by atoms with Crippen LogP contribution in [0.2, 0.25) is 0 Å². The first-order valence-electron chi connectivity index (χ1n) is 11.4. The van der Waals surface area contributed by atoms with Crippen molar-refractivity contribution in [3.8, 4) is 34.2 Å². The number of fused-ring (bicyclic) bond motifs is 1. The molecule has 6 rings (SSSR count). The molecule has 7 nitrogen and oxygen atoms in total. The Balaban J connectivity index is 1.47. The maximum absolute atomic E-state index is 4.96. The van der Waals surface area contributed by atoms with Gasteiger partial charge in [-0.25, -0.2) is 19.9 Å². The van der Waals surface area contributed by atoms with Crippen LogP contribution in [0.3, 0.4) is 0 Å². The smallest absolute Gasteiger partial charge is 0.164 e. The SMILES string of the molecule is Cc1ccc(-n2cc(-c3cscn3)nc2-c2ccc(-n3c(C(C)C)nc4cccnc43)cc2)cn1. The maximum atomic E-state index is 4.96. The van der Waals surface area contributed by atoms with Gasteiger partial charge in [0, 0.05) is 40.6 Å². The maximum Gasteiger partial charge on any atom is 0.164 e. The van der Waals surface area contributed by atoms with Crippen LogP contribution in [0.5, 0.6) is 0 Å². The van der Waals surface area contributed by atoms with E-state index in [1.165, 1.54) is 0 Å². The second-order valence-corrected chi connectivity index (χ2v) is 9.42. The zero-order valence-electron chi connectivity index (χ0n) is 19.6. The highest BCUT2D eigenvalue weighted by atomic mass is 32.1. The van der Waals surface area contributed by atoms with Crippen LogP contribution in [0.25, 0.3) is 45.3 Å². The highest BCUT2D eigenvalue weighted by molar-refractivity contribution is 7.07. The van der Waals surface area contributed by atoms with Crippen molar-refractivity contribution in [3.63, 3.8) is 0 Å². The lowest BCUT2D eigenvalue weighted by molar-refractivity contribution is 0.757. The van der Waals surface area contributed by atoms with Crippen molar-refractivity contribution in [2.75, 3.05) is 0 Å². The van der Waals surface area contributed by atoms with Gasteiger partial charge in [0.25, 0.3) is 0 Å². The zero-order chi connectivity index (χ0) is 23.9. The van der Waals surface area contributed by atoms with Gasteiger partial charge in [0.1, 0.15) is 28.6 Å². The lowest BCUT2D eigenvalue weighted by Crippen LogP contribution is -2.04. The van der Waals surface area contributed by atoms with Crippen LogP contribution in [0, 0.1) is 6.92 Å². The average Bonchev–Trinajstić information content (AvgIpc) is 3.63. The van der Waals surface area contributed by atoms with Gasteiger partial charge in [-0.1, -0.05) is 13.8 Å². The molecule has 6 aromatic rings. The van der Waals surface area contributed by atoms with Crippen LogP contribution in [-0.2, 0) is 0 Å². The Morgan fingerprint density at radius 2 is 1.69 bits per heavy atom. The van der Waals surface area contributed by atoms with Crippen molar-refractivity contribution >= 4 is 22.5 Å². The molecule has 0 N–H and O–H groups in total. The summed E-state index contributed by atoms with van der Waals surface area (Å²) in [5.74, 6) is 2.09. The molecule has 0 bridgehead atoms. The first-order valence-corrected chi connectivity index (χ1v) is 12.4. The molecule has 0 aliphatic rings. The third-order valence-corrected chi connectivity index (χ3v) is 6.50. The number of aromatic nitrogens is 7. The first-order chi connectivity index (χ1) is 17.1. The molecule has 0 spiro atoms. The van der Waals surface area contributed by atoms with Crippen LogP contribution in [-0.4, -0.2) is 34.1 Å². The summed E-state index contributed by atoms with van der Waals surface area (Å²) in [4.78, 5) is 23.3. The van der Waals surface area contributed by atoms with Crippen LogP contribution in [0.1, 0.15) is 31.3 Å². The molecular formula is C27H23N7S. The summed E-state index contributed by atoms with van der Waals surface area (Å²) >= 11 is 1.56. The van der Waals surface area contributed by atoms with E-state index in [0.717, 1.165) is 56.8 Å². The van der Waals surface area contributed by atoms with Gasteiger partial charge < -0.3 is 0 Å². The summed E-state index contributed by atoms with van der Waals surface area (Å²) in [6.07, 6.45) is 5.71. The minimum absolute atomic E-state index is 0.262. The number of imidazole rings is 2. The van der Waals surface area contributed by atoms with E-state index in [2.05, 4.69) is 68.3 Å². The lowest BCUT2D eigenvalue weighted by atomic mass is 10.1. The highest BCUT2D eigenvalue weighted by Gasteiger charge is 2.18. The fraction of sp³-hybridized carbons (Fsp3) is 0.148. The fourth-order valence-electron chi connectivity index (χ4n) is 4.18. The number of aryl methyl sites for hydroxylation is 1. The molecule has 0 radical (unpaired) electrons. The molecule has 0 aliphatic heterocycles. The molecule has 0 atom stereocenters. The Morgan fingerprint density at radius 3 is 2.40 bits per heavy atom. The quantitative estimate of drug-likeness (QED) is 0.294. The summed E-state index contributed by atoms with van der Waals surface area (Å²) in [6.45, 7) is 6.29. The molecule has 35 heavy (non-hydrogen) atoms. The zero-order valence-corrected chi connectivity index (χ0v) is 20.4. The van der Waals surface area contributed by atoms with Crippen LogP contribution < -0.4 is 0 Å². The van der Waals surface area contributed by atoms with E-state index in [4.69, 9.17) is 9.97 Å². The van der Waals surface area contributed by atoms with Crippen molar-refractivity contribution in [1.29, 1.82) is 0 Å². The summed E-state index contributed by atoms with van der Waals surface area (Å²) < 4.78 is 4.21. The van der Waals surface area contributed by atoms with Crippen molar-refractivity contribution in [2.45, 2.75) is 26.7 Å². The van der Waals surface area contributed by atoms with E-state index in [1.54, 1.807) is 11.3 Å². The molecule has 0 amide bonds. The molecule has 8 heteroatoms. The third kappa shape index (κ3) is 3.81. The number of thiazole rings is 1. The van der Waals surface area contributed by atoms with Crippen molar-refractivity contribution in [2.24, 2.45) is 0 Å². The molecule has 0 fully saturated rings. The monoisotopic (exact) mass is 477 g/mol. The Bertz CT molecular complexity index is 1610. The van der Waals surface area contributed by atoms with Crippen molar-refractivity contribution in [3.05, 3.63) is 89.5 Å². The predicted octanol–water partition coefficient (Wildman–Crippen LogP) is 6.22. The van der Waals surface area contributed by atoms with Gasteiger partial charge >= 0.3 is 0 Å². The summed E-state index contributed by atoms with van der Waals surface area (Å²) in [5.41, 5.74) is 9.23. The lowest BCUT2D eigenvalue weighted by Gasteiger charge is -2.12. The number of nitrogens with zero attached hydrogens (tertiary/aromatic N) is 7. The van der Waals surface area contributed by atoms with Gasteiger partial charge in [-0.3, -0.25) is 14.1 Å². The van der Waals surface area contributed by atoms with Crippen LogP contribution >= 0.6 is 11.3 Å². The van der Waals surface area contributed by atoms with E-state index < -0.39 is 0 Å². The molecule has 0 saturated heterocycles. The molecule has 5 aromatic heterocycles. The fourth-order valence-corrected chi connectivity index (χ4v) is 4.72. The van der Waals surface area contributed by atoms with E-state index in [9.17, 15) is 0 Å². The van der Waals surface area contributed by atoms with Gasteiger partial charge in [-0.15, -0.1) is 11.3 Å². The Labute approximate surface area is 206 Å². The minimum atomic E-state index is 0.262. The van der Waals surface area contributed by atoms with Crippen molar-refractivity contribution in [1.82, 2.24) is 34.1 Å². The van der Waals surface area contributed by atoms with E-state index >= 15 is 0 Å². The summed E-state index contributed by atoms with van der Waals surface area (Å²) in [5, 5.41) is 2.01. The van der Waals surface area contributed by atoms with Gasteiger partial charge in [-0.05, 0) is 55.5 Å². The predicted molar refractivity (Wildman–Crippen MR) is 139 cm³/mol. The number of pyridine rings is 2. The largest absolute Gasteiger partial charge is 0.298 e. The Morgan fingerprint density at radius 1 is 0.857 bits per heavy atom. The normalized spacial score (nSPS) is 11.5. The number of hydrogen-bond donors (Lipinski definition) is 0. The summed E-state index contributed by atoms with van der Waals surface area (Å²) in [7, 11) is 0. The minimum Gasteiger partial charge on any atom is -0.298 e. The van der Waals surface area contributed by atoms with Crippen LogP contribution in [0.4, 0.5) is 0 Å². The van der Waals surface area contributed by atoms with Gasteiger partial charge in [0.15, 0.2) is 5.65 Å². The number of hydrogen-bond acceptors (Lipinski definition) is 6. The molecular weight excluding hydrogens is 454 g/mol. The summed E-state index contributed by atoms with van der Waals surface area (Å²) in [6, 6.07) is 16.4. The van der Waals surface area contributed by atoms with E-state index in [1.807, 2.05) is 54.6 Å². The van der Waals surface area contributed by atoms with Crippen molar-refractivity contribution < 1.29 is 0 Å². The standard InChI is InChI=1S/C27H23N7S/c1-17(2)25-31-22-5-4-12-28-27(22)34(25)20-10-7-19(8-11-20)26-32-23(24-15-35-16-30-24)14-33(26)21-9-6-18(3)29-13-21/h4-17H,1-3H3. The van der Waals surface area contributed by atoms with Crippen LogP contribution in [0.15, 0.2) is 78.0 Å². The molecule has 0 unspecified atom stereocenters. The number of rotatable bonds is 5. The Hall–Kier alpha value is -4.17. The second-order valence-electron chi connectivity index (χ2n) is 8.70. The molecule has 5 heterocycles. The molecule has 0 aliphatic carbocycles. The first kappa shape index (κ1) is 21.4. The molecule has 172 valence electrons. The van der Waals surface area contributed by atoms with Gasteiger partial charge in [-0.2, -0.15) is 0 Å². The van der Waals surface area contributed by atoms with E-state index in [-0.39, 0.29) is 5.92 Å². The second kappa shape index (κ2) is 8.56. The van der Waals surface area contributed by atoms with Gasteiger partial charge in [0.05, 0.1) is 17.4 Å². The van der Waals surface area contributed by atoms with E-state index in [0.29, 0.717) is 0 Å². The highest BCUT2D eigenvalue weighted by Crippen LogP contribution is 2.30. The molecule has 0 saturated carbocycles.